The Bertz CT molecular complexity index is 814. The first-order valence-corrected chi connectivity index (χ1v) is 8.71. The number of sulfonamides is 1. The normalized spacial score (nSPS) is 11.8. The number of rotatable bonds is 5. The molecular weight excluding hydrogens is 359 g/mol. The van der Waals surface area contributed by atoms with Gasteiger partial charge in [-0.2, -0.15) is 0 Å². The van der Waals surface area contributed by atoms with E-state index in [1.54, 1.807) is 0 Å². The highest BCUT2D eigenvalue weighted by Crippen LogP contribution is 2.31. The lowest BCUT2D eigenvalue weighted by Crippen LogP contribution is -2.24. The van der Waals surface area contributed by atoms with Crippen molar-refractivity contribution in [1.29, 1.82) is 0 Å². The average molecular weight is 369 g/mol. The maximum atomic E-state index is 12.2. The van der Waals surface area contributed by atoms with Crippen LogP contribution < -0.4 is 9.60 Å². The topological polar surface area (TPSA) is 99.3 Å². The van der Waals surface area contributed by atoms with Gasteiger partial charge in [-0.25, -0.2) is 13.1 Å². The predicted molar refractivity (Wildman–Crippen MR) is 81.4 cm³/mol. The molecule has 0 atom stereocenters. The number of thiazole rings is 1. The minimum absolute atomic E-state index is 0.0749. The van der Waals surface area contributed by atoms with Crippen molar-refractivity contribution < 1.29 is 13.5 Å². The molecule has 0 aliphatic rings. The number of aromatic nitrogens is 1. The zero-order valence-electron chi connectivity index (χ0n) is 10.4. The van der Waals surface area contributed by atoms with Crippen LogP contribution in [-0.2, 0) is 23.2 Å². The molecule has 0 fully saturated rings. The number of H-pyrrole nitrogens is 1. The number of aliphatic hydroxyl groups is 1. The molecule has 0 unspecified atom stereocenters. The lowest BCUT2D eigenvalue weighted by molar-refractivity contribution is 0.281. The fourth-order valence-corrected chi connectivity index (χ4v) is 4.06. The van der Waals surface area contributed by atoms with E-state index in [1.165, 1.54) is 17.5 Å². The summed E-state index contributed by atoms with van der Waals surface area (Å²) >= 11 is 12.7. The molecule has 1 heterocycles. The maximum Gasteiger partial charge on any atom is 0.304 e. The van der Waals surface area contributed by atoms with E-state index in [0.717, 1.165) is 11.3 Å². The first-order chi connectivity index (χ1) is 9.85. The Morgan fingerprint density at radius 1 is 1.33 bits per heavy atom. The Kier molecular flexibility index (Phi) is 5.07. The van der Waals surface area contributed by atoms with Gasteiger partial charge >= 0.3 is 4.87 Å². The van der Waals surface area contributed by atoms with Gasteiger partial charge in [0.25, 0.3) is 0 Å². The fraction of sp³-hybridized carbons (Fsp3) is 0.182. The molecule has 21 heavy (non-hydrogen) atoms. The van der Waals surface area contributed by atoms with Gasteiger partial charge < -0.3 is 10.1 Å². The third-order valence-corrected chi connectivity index (χ3v) is 5.68. The van der Waals surface area contributed by atoms with Gasteiger partial charge in [-0.1, -0.05) is 34.5 Å². The number of aliphatic hydroxyl groups excluding tert-OH is 1. The van der Waals surface area contributed by atoms with E-state index in [-0.39, 0.29) is 31.9 Å². The van der Waals surface area contributed by atoms with Crippen LogP contribution in [0.2, 0.25) is 10.0 Å². The standard InChI is InChI=1S/C11H10Cl2N2O4S2/c12-8-1-2-9(10(13)7(8)4-16)21(18,19)14-3-6-5-20-11(17)15-6/h1-2,5,14,16H,3-4H2,(H,15,17). The van der Waals surface area contributed by atoms with E-state index in [2.05, 4.69) is 9.71 Å². The molecule has 6 nitrogen and oxygen atoms in total. The van der Waals surface area contributed by atoms with Gasteiger partial charge in [0, 0.05) is 21.7 Å². The van der Waals surface area contributed by atoms with Crippen LogP contribution in [0.4, 0.5) is 0 Å². The summed E-state index contributed by atoms with van der Waals surface area (Å²) in [5.74, 6) is 0. The minimum atomic E-state index is -3.90. The SMILES string of the molecule is O=c1[nH]c(CNS(=O)(=O)c2ccc(Cl)c(CO)c2Cl)cs1. The second-order valence-electron chi connectivity index (χ2n) is 3.99. The van der Waals surface area contributed by atoms with Gasteiger partial charge in [0.05, 0.1) is 18.2 Å². The Labute approximate surface area is 134 Å². The summed E-state index contributed by atoms with van der Waals surface area (Å²) in [6.07, 6.45) is 0. The highest BCUT2D eigenvalue weighted by Gasteiger charge is 2.21. The quantitative estimate of drug-likeness (QED) is 0.747. The summed E-state index contributed by atoms with van der Waals surface area (Å²) in [6.45, 7) is -0.548. The van der Waals surface area contributed by atoms with Crippen molar-refractivity contribution in [2.24, 2.45) is 0 Å². The third-order valence-electron chi connectivity index (χ3n) is 2.62. The fourth-order valence-electron chi connectivity index (χ4n) is 1.58. The van der Waals surface area contributed by atoms with Crippen LogP contribution in [-0.4, -0.2) is 18.5 Å². The average Bonchev–Trinajstić information content (AvgIpc) is 2.83. The summed E-state index contributed by atoms with van der Waals surface area (Å²) in [4.78, 5) is 13.0. The highest BCUT2D eigenvalue weighted by molar-refractivity contribution is 7.89. The molecule has 2 aromatic rings. The smallest absolute Gasteiger partial charge is 0.304 e. The lowest BCUT2D eigenvalue weighted by Gasteiger charge is -2.11. The van der Waals surface area contributed by atoms with Gasteiger partial charge in [-0.05, 0) is 12.1 Å². The summed E-state index contributed by atoms with van der Waals surface area (Å²) in [6, 6.07) is 2.60. The molecule has 0 spiro atoms. The first-order valence-electron chi connectivity index (χ1n) is 5.59. The van der Waals surface area contributed by atoms with E-state index in [0.29, 0.717) is 5.69 Å². The van der Waals surface area contributed by atoms with Crippen LogP contribution in [0.5, 0.6) is 0 Å². The molecular formula is C11H10Cl2N2O4S2. The van der Waals surface area contributed by atoms with Gasteiger partial charge in [0.15, 0.2) is 0 Å². The Morgan fingerprint density at radius 3 is 2.62 bits per heavy atom. The van der Waals surface area contributed by atoms with Crippen molar-refractivity contribution in [2.45, 2.75) is 18.0 Å². The molecule has 0 radical (unpaired) electrons. The summed E-state index contributed by atoms with van der Waals surface area (Å²) < 4.78 is 26.7. The molecule has 1 aromatic carbocycles. The molecule has 3 N–H and O–H groups in total. The molecule has 10 heteroatoms. The van der Waals surface area contributed by atoms with Crippen LogP contribution in [0.3, 0.4) is 0 Å². The van der Waals surface area contributed by atoms with Gasteiger partial charge in [-0.15, -0.1) is 0 Å². The molecule has 0 amide bonds. The van der Waals surface area contributed by atoms with Crippen LogP contribution in [0, 0.1) is 0 Å². The molecule has 114 valence electrons. The van der Waals surface area contributed by atoms with Gasteiger partial charge in [0.2, 0.25) is 10.0 Å². The van der Waals surface area contributed by atoms with Crippen LogP contribution in [0.15, 0.2) is 27.2 Å². The van der Waals surface area contributed by atoms with E-state index in [1.807, 2.05) is 0 Å². The second kappa shape index (κ2) is 6.47. The van der Waals surface area contributed by atoms with Crippen molar-refractivity contribution in [1.82, 2.24) is 9.71 Å². The Morgan fingerprint density at radius 2 is 2.05 bits per heavy atom. The van der Waals surface area contributed by atoms with Gasteiger partial charge in [-0.3, -0.25) is 4.79 Å². The molecule has 0 aliphatic heterocycles. The second-order valence-corrected chi connectivity index (χ2v) is 7.36. The zero-order chi connectivity index (χ0) is 15.6. The molecule has 0 aliphatic carbocycles. The summed E-state index contributed by atoms with van der Waals surface area (Å²) in [7, 11) is -3.90. The van der Waals surface area contributed by atoms with Crippen molar-refractivity contribution in [3.8, 4) is 0 Å². The largest absolute Gasteiger partial charge is 0.392 e. The first kappa shape index (κ1) is 16.5. The number of aromatic amines is 1. The number of nitrogens with one attached hydrogen (secondary N) is 2. The lowest BCUT2D eigenvalue weighted by atomic mass is 10.2. The molecule has 2 rings (SSSR count). The highest BCUT2D eigenvalue weighted by atomic mass is 35.5. The number of hydrogen-bond acceptors (Lipinski definition) is 5. The van der Waals surface area contributed by atoms with Crippen molar-refractivity contribution in [3.05, 3.63) is 48.5 Å². The maximum absolute atomic E-state index is 12.2. The van der Waals surface area contributed by atoms with Crippen LogP contribution in [0.25, 0.3) is 0 Å². The molecule has 0 saturated heterocycles. The predicted octanol–water partition coefficient (Wildman–Crippen LogP) is 1.71. The van der Waals surface area contributed by atoms with E-state index >= 15 is 0 Å². The number of hydrogen-bond donors (Lipinski definition) is 3. The molecule has 1 aromatic heterocycles. The minimum Gasteiger partial charge on any atom is -0.392 e. The molecule has 0 bridgehead atoms. The zero-order valence-corrected chi connectivity index (χ0v) is 13.5. The molecule has 0 saturated carbocycles. The number of benzene rings is 1. The Hall–Kier alpha value is -0.900. The number of halogens is 2. The van der Waals surface area contributed by atoms with E-state index in [4.69, 9.17) is 23.2 Å². The third kappa shape index (κ3) is 3.65. The van der Waals surface area contributed by atoms with Crippen molar-refractivity contribution in [2.75, 3.05) is 0 Å². The van der Waals surface area contributed by atoms with Crippen molar-refractivity contribution >= 4 is 44.6 Å². The van der Waals surface area contributed by atoms with Crippen LogP contribution >= 0.6 is 34.5 Å². The van der Waals surface area contributed by atoms with Crippen LogP contribution in [0.1, 0.15) is 11.3 Å². The monoisotopic (exact) mass is 368 g/mol. The van der Waals surface area contributed by atoms with Crippen molar-refractivity contribution in [3.63, 3.8) is 0 Å². The van der Waals surface area contributed by atoms with E-state index < -0.39 is 16.6 Å². The Balaban J connectivity index is 2.29. The summed E-state index contributed by atoms with van der Waals surface area (Å²) in [5.41, 5.74) is 0.589. The van der Waals surface area contributed by atoms with Gasteiger partial charge in [0.1, 0.15) is 4.90 Å². The summed E-state index contributed by atoms with van der Waals surface area (Å²) in [5, 5.41) is 10.8. The van der Waals surface area contributed by atoms with E-state index in [9.17, 15) is 18.3 Å².